The van der Waals surface area contributed by atoms with Gasteiger partial charge < -0.3 is 5.32 Å². The van der Waals surface area contributed by atoms with E-state index in [0.29, 0.717) is 20.7 Å². The lowest BCUT2D eigenvalue weighted by Crippen LogP contribution is -2.10. The monoisotopic (exact) mass is 339 g/mol. The molecule has 21 heavy (non-hydrogen) atoms. The Morgan fingerprint density at radius 3 is 2.90 bits per heavy atom. The van der Waals surface area contributed by atoms with Crippen LogP contribution in [0.25, 0.3) is 10.1 Å². The Balaban J connectivity index is 1.92. The number of hydrogen-bond donors (Lipinski definition) is 2. The number of hydrogen-bond acceptors (Lipinski definition) is 3. The highest BCUT2D eigenvalue weighted by molar-refractivity contribution is 7.21. The molecule has 0 atom stereocenters. The zero-order valence-electron chi connectivity index (χ0n) is 11.0. The van der Waals surface area contributed by atoms with Crippen molar-refractivity contribution in [1.82, 2.24) is 10.2 Å². The number of carbonyl (C=O) groups is 1. The number of fused-ring (bicyclic) bond motifs is 1. The number of carbonyl (C=O) groups excluding carboxylic acids is 1. The number of nitrogens with one attached hydrogen (secondary N) is 2. The number of anilines is 1. The molecule has 1 amide bonds. The number of H-pyrrole nitrogens is 1. The summed E-state index contributed by atoms with van der Waals surface area (Å²) in [7, 11) is 0. The van der Waals surface area contributed by atoms with Gasteiger partial charge >= 0.3 is 0 Å². The Hall–Kier alpha value is -1.56. The standard InChI is InChI=1S/C14H11Cl2N3OS/c1-2-8-6-11(19-18-8)17-14(20)13-12(16)9-4-3-7(15)5-10(9)21-13/h3-6H,2H2,1H3,(H2,17,18,19,20). The van der Waals surface area contributed by atoms with Crippen LogP contribution in [0.5, 0.6) is 0 Å². The number of nitrogens with zero attached hydrogens (tertiary/aromatic N) is 1. The molecule has 3 aromatic rings. The number of aryl methyl sites for hydroxylation is 1. The van der Waals surface area contributed by atoms with E-state index in [1.54, 1.807) is 18.2 Å². The maximum atomic E-state index is 12.3. The second-order valence-electron chi connectivity index (χ2n) is 4.47. The molecule has 2 aromatic heterocycles. The molecule has 0 unspecified atom stereocenters. The minimum absolute atomic E-state index is 0.272. The Kier molecular flexibility index (Phi) is 3.89. The minimum Gasteiger partial charge on any atom is -0.304 e. The summed E-state index contributed by atoms with van der Waals surface area (Å²) < 4.78 is 0.883. The van der Waals surface area contributed by atoms with Gasteiger partial charge in [-0.15, -0.1) is 11.3 Å². The van der Waals surface area contributed by atoms with Gasteiger partial charge in [0, 0.05) is 26.9 Å². The van der Waals surface area contributed by atoms with Crippen LogP contribution in [0.15, 0.2) is 24.3 Å². The summed E-state index contributed by atoms with van der Waals surface area (Å²) >= 11 is 13.6. The lowest BCUT2D eigenvalue weighted by Gasteiger charge is -1.99. The van der Waals surface area contributed by atoms with E-state index in [1.807, 2.05) is 13.0 Å². The third-order valence-corrected chi connectivity index (χ3v) is 4.94. The van der Waals surface area contributed by atoms with Gasteiger partial charge in [-0.25, -0.2) is 0 Å². The van der Waals surface area contributed by atoms with Gasteiger partial charge in [-0.1, -0.05) is 36.2 Å². The molecule has 3 rings (SSSR count). The number of aromatic amines is 1. The van der Waals surface area contributed by atoms with Crippen molar-refractivity contribution in [2.75, 3.05) is 5.32 Å². The van der Waals surface area contributed by atoms with Gasteiger partial charge in [0.15, 0.2) is 5.82 Å². The lowest BCUT2D eigenvalue weighted by molar-refractivity contribution is 0.103. The summed E-state index contributed by atoms with van der Waals surface area (Å²) in [5.74, 6) is 0.217. The fourth-order valence-corrected chi connectivity index (χ4v) is 3.65. The zero-order valence-corrected chi connectivity index (χ0v) is 13.4. The van der Waals surface area contributed by atoms with E-state index in [1.165, 1.54) is 11.3 Å². The van der Waals surface area contributed by atoms with Crippen molar-refractivity contribution >= 4 is 56.3 Å². The smallest absolute Gasteiger partial charge is 0.268 e. The molecule has 2 N–H and O–H groups in total. The van der Waals surface area contributed by atoms with E-state index in [9.17, 15) is 4.79 Å². The van der Waals surface area contributed by atoms with Crippen molar-refractivity contribution in [3.63, 3.8) is 0 Å². The molecule has 7 heteroatoms. The first-order valence-electron chi connectivity index (χ1n) is 6.31. The molecular weight excluding hydrogens is 329 g/mol. The van der Waals surface area contributed by atoms with E-state index in [-0.39, 0.29) is 5.91 Å². The van der Waals surface area contributed by atoms with Gasteiger partial charge in [0.1, 0.15) is 4.88 Å². The third-order valence-electron chi connectivity index (χ3n) is 3.05. The topological polar surface area (TPSA) is 57.8 Å². The maximum Gasteiger partial charge on any atom is 0.268 e. The molecule has 0 bridgehead atoms. The maximum absolute atomic E-state index is 12.3. The molecule has 1 aromatic carbocycles. The highest BCUT2D eigenvalue weighted by Crippen LogP contribution is 2.37. The first kappa shape index (κ1) is 14.4. The van der Waals surface area contributed by atoms with Gasteiger partial charge in [-0.2, -0.15) is 5.10 Å². The second kappa shape index (κ2) is 5.67. The van der Waals surface area contributed by atoms with Crippen molar-refractivity contribution in [2.45, 2.75) is 13.3 Å². The van der Waals surface area contributed by atoms with Gasteiger partial charge in [0.25, 0.3) is 5.91 Å². The van der Waals surface area contributed by atoms with Crippen LogP contribution >= 0.6 is 34.5 Å². The van der Waals surface area contributed by atoms with Gasteiger partial charge in [-0.05, 0) is 18.6 Å². The average Bonchev–Trinajstić information content (AvgIpc) is 3.03. The van der Waals surface area contributed by atoms with E-state index in [4.69, 9.17) is 23.2 Å². The van der Waals surface area contributed by atoms with Crippen molar-refractivity contribution < 1.29 is 4.79 Å². The molecule has 0 saturated heterocycles. The van der Waals surface area contributed by atoms with Crippen molar-refractivity contribution in [3.05, 3.63) is 44.9 Å². The molecule has 0 aliphatic heterocycles. The number of halogens is 2. The summed E-state index contributed by atoms with van der Waals surface area (Å²) in [4.78, 5) is 12.8. The first-order chi connectivity index (χ1) is 10.1. The predicted molar refractivity (Wildman–Crippen MR) is 87.8 cm³/mol. The molecule has 4 nitrogen and oxygen atoms in total. The lowest BCUT2D eigenvalue weighted by atomic mass is 10.2. The SMILES string of the molecule is CCc1cc(NC(=O)c2sc3cc(Cl)ccc3c2Cl)n[nH]1. The zero-order chi connectivity index (χ0) is 15.0. The molecule has 0 spiro atoms. The minimum atomic E-state index is -0.272. The molecule has 0 fully saturated rings. The normalized spacial score (nSPS) is 11.0. The van der Waals surface area contributed by atoms with Crippen LogP contribution in [0.1, 0.15) is 22.3 Å². The fraction of sp³-hybridized carbons (Fsp3) is 0.143. The van der Waals surface area contributed by atoms with Crippen LogP contribution < -0.4 is 5.32 Å². The van der Waals surface area contributed by atoms with Crippen molar-refractivity contribution in [1.29, 1.82) is 0 Å². The van der Waals surface area contributed by atoms with Gasteiger partial charge in [0.05, 0.1) is 5.02 Å². The van der Waals surface area contributed by atoms with E-state index in [0.717, 1.165) is 22.2 Å². The largest absolute Gasteiger partial charge is 0.304 e. The molecule has 0 radical (unpaired) electrons. The van der Waals surface area contributed by atoms with Gasteiger partial charge in [-0.3, -0.25) is 9.89 Å². The Bertz CT molecular complexity index is 825. The van der Waals surface area contributed by atoms with E-state index < -0.39 is 0 Å². The summed E-state index contributed by atoms with van der Waals surface area (Å²) in [6.45, 7) is 2.01. The quantitative estimate of drug-likeness (QED) is 0.723. The molecule has 108 valence electrons. The van der Waals surface area contributed by atoms with Crippen LogP contribution in [0.4, 0.5) is 5.82 Å². The van der Waals surface area contributed by atoms with Crippen LogP contribution in [0.2, 0.25) is 10.0 Å². The average molecular weight is 340 g/mol. The first-order valence-corrected chi connectivity index (χ1v) is 7.89. The molecule has 2 heterocycles. The number of rotatable bonds is 3. The Morgan fingerprint density at radius 1 is 1.38 bits per heavy atom. The molecule has 0 aliphatic carbocycles. The van der Waals surface area contributed by atoms with Crippen LogP contribution in [0.3, 0.4) is 0 Å². The van der Waals surface area contributed by atoms with Crippen LogP contribution in [0, 0.1) is 0 Å². The number of aromatic nitrogens is 2. The highest BCUT2D eigenvalue weighted by Gasteiger charge is 2.18. The molecule has 0 aliphatic rings. The van der Waals surface area contributed by atoms with E-state index >= 15 is 0 Å². The van der Waals surface area contributed by atoms with Crippen molar-refractivity contribution in [2.24, 2.45) is 0 Å². The van der Waals surface area contributed by atoms with Crippen molar-refractivity contribution in [3.8, 4) is 0 Å². The Morgan fingerprint density at radius 2 is 2.19 bits per heavy atom. The number of benzene rings is 1. The number of thiophene rings is 1. The third kappa shape index (κ3) is 2.77. The number of amides is 1. The summed E-state index contributed by atoms with van der Waals surface area (Å²) in [5.41, 5.74) is 0.958. The van der Waals surface area contributed by atoms with E-state index in [2.05, 4.69) is 15.5 Å². The highest BCUT2D eigenvalue weighted by atomic mass is 35.5. The Labute approximate surface area is 135 Å². The summed E-state index contributed by atoms with van der Waals surface area (Å²) in [6, 6.07) is 7.17. The van der Waals surface area contributed by atoms with Crippen LogP contribution in [-0.2, 0) is 6.42 Å². The summed E-state index contributed by atoms with van der Waals surface area (Å²) in [5, 5.41) is 11.5. The predicted octanol–water partition coefficient (Wildman–Crippen LogP) is 4.75. The van der Waals surface area contributed by atoms with Gasteiger partial charge in [0.2, 0.25) is 0 Å². The molecule has 0 saturated carbocycles. The second-order valence-corrected chi connectivity index (χ2v) is 6.34. The fourth-order valence-electron chi connectivity index (χ4n) is 1.96. The molecular formula is C14H11Cl2N3OS. The summed E-state index contributed by atoms with van der Waals surface area (Å²) in [6.07, 6.45) is 0.824. The van der Waals surface area contributed by atoms with Crippen LogP contribution in [-0.4, -0.2) is 16.1 Å².